The van der Waals surface area contributed by atoms with E-state index < -0.39 is 0 Å². The number of aromatic amines is 1. The van der Waals surface area contributed by atoms with Crippen LogP contribution in [0.2, 0.25) is 0 Å². The van der Waals surface area contributed by atoms with Crippen LogP contribution in [0.5, 0.6) is 11.5 Å². The van der Waals surface area contributed by atoms with Crippen LogP contribution in [0, 0.1) is 0 Å². The summed E-state index contributed by atoms with van der Waals surface area (Å²) in [7, 11) is 3.28. The molecule has 5 nitrogen and oxygen atoms in total. The van der Waals surface area contributed by atoms with Crippen molar-refractivity contribution < 1.29 is 9.47 Å². The molecule has 0 radical (unpaired) electrons. The molecule has 0 spiro atoms. The summed E-state index contributed by atoms with van der Waals surface area (Å²) in [5.74, 6) is 2.36. The zero-order chi connectivity index (χ0) is 18.5. The van der Waals surface area contributed by atoms with E-state index in [1.54, 1.807) is 14.2 Å². The highest BCUT2D eigenvalue weighted by Gasteiger charge is 2.12. The molecule has 2 N–H and O–H groups in total. The van der Waals surface area contributed by atoms with Crippen LogP contribution in [0.25, 0.3) is 11.3 Å². The molecule has 1 atom stereocenters. The monoisotopic (exact) mass is 415 g/mol. The van der Waals surface area contributed by atoms with Crippen LogP contribution in [0.15, 0.2) is 53.1 Å². The van der Waals surface area contributed by atoms with Gasteiger partial charge >= 0.3 is 0 Å². The lowest BCUT2D eigenvalue weighted by Crippen LogP contribution is -2.19. The molecule has 3 rings (SSSR count). The summed E-state index contributed by atoms with van der Waals surface area (Å²) < 4.78 is 11.7. The number of nitrogens with one attached hydrogen (secondary N) is 2. The van der Waals surface area contributed by atoms with E-state index in [1.165, 1.54) is 0 Å². The number of rotatable bonds is 7. The highest BCUT2D eigenvalue weighted by Crippen LogP contribution is 2.28. The number of imidazole rings is 1. The van der Waals surface area contributed by atoms with Crippen LogP contribution >= 0.6 is 15.9 Å². The molecule has 2 aromatic carbocycles. The molecule has 0 aliphatic rings. The molecule has 0 aliphatic carbocycles. The fourth-order valence-electron chi connectivity index (χ4n) is 2.71. The average molecular weight is 416 g/mol. The van der Waals surface area contributed by atoms with Crippen LogP contribution < -0.4 is 14.8 Å². The smallest absolute Gasteiger partial charge is 0.161 e. The predicted molar refractivity (Wildman–Crippen MR) is 107 cm³/mol. The Hall–Kier alpha value is -2.31. The lowest BCUT2D eigenvalue weighted by Gasteiger charge is -2.13. The molecule has 26 heavy (non-hydrogen) atoms. The van der Waals surface area contributed by atoms with Crippen molar-refractivity contribution in [2.45, 2.75) is 19.5 Å². The lowest BCUT2D eigenvalue weighted by molar-refractivity contribution is 0.354. The number of aromatic nitrogens is 2. The molecular weight excluding hydrogens is 394 g/mol. The number of nitrogens with zero attached hydrogens (tertiary/aromatic N) is 1. The Kier molecular flexibility index (Phi) is 5.96. The van der Waals surface area contributed by atoms with Crippen molar-refractivity contribution in [2.24, 2.45) is 0 Å². The van der Waals surface area contributed by atoms with Gasteiger partial charge in [-0.2, -0.15) is 0 Å². The first-order valence-electron chi connectivity index (χ1n) is 8.36. The Morgan fingerprint density at radius 3 is 2.65 bits per heavy atom. The standard InChI is InChI=1S/C20H22BrN3O2/c1-13(22-11-14-7-8-18(25-2)19(9-14)26-3)20-23-12-17(24-20)15-5-4-6-16(21)10-15/h4-10,12-13,22H,11H2,1-3H3,(H,23,24). The normalized spacial score (nSPS) is 12.0. The number of hydrogen-bond acceptors (Lipinski definition) is 4. The molecular formula is C20H22BrN3O2. The first kappa shape index (κ1) is 18.5. The zero-order valence-corrected chi connectivity index (χ0v) is 16.6. The minimum Gasteiger partial charge on any atom is -0.493 e. The molecule has 1 aromatic heterocycles. The Morgan fingerprint density at radius 1 is 1.12 bits per heavy atom. The van der Waals surface area contributed by atoms with E-state index in [1.807, 2.05) is 42.6 Å². The van der Waals surface area contributed by atoms with Crippen molar-refractivity contribution in [3.63, 3.8) is 0 Å². The molecule has 0 fully saturated rings. The summed E-state index contributed by atoms with van der Waals surface area (Å²) in [5, 5.41) is 3.48. The maximum Gasteiger partial charge on any atom is 0.161 e. The molecule has 0 saturated carbocycles. The van der Waals surface area contributed by atoms with Crippen LogP contribution in [-0.2, 0) is 6.54 Å². The molecule has 6 heteroatoms. The molecule has 0 amide bonds. The third-order valence-corrected chi connectivity index (χ3v) is 4.68. The third kappa shape index (κ3) is 4.26. The maximum atomic E-state index is 5.36. The second kappa shape index (κ2) is 8.38. The Bertz CT molecular complexity index is 879. The number of methoxy groups -OCH3 is 2. The summed E-state index contributed by atoms with van der Waals surface area (Å²) in [6.45, 7) is 2.79. The summed E-state index contributed by atoms with van der Waals surface area (Å²) in [6.07, 6.45) is 1.94. The van der Waals surface area contributed by atoms with E-state index in [-0.39, 0.29) is 6.04 Å². The fourth-order valence-corrected chi connectivity index (χ4v) is 3.11. The van der Waals surface area contributed by atoms with E-state index >= 15 is 0 Å². The van der Waals surface area contributed by atoms with Gasteiger partial charge in [0, 0.05) is 22.8 Å². The first-order chi connectivity index (χ1) is 12.6. The van der Waals surface area contributed by atoms with Gasteiger partial charge in [0.25, 0.3) is 0 Å². The summed E-state index contributed by atoms with van der Waals surface area (Å²) in [4.78, 5) is 7.98. The van der Waals surface area contributed by atoms with Gasteiger partial charge in [0.15, 0.2) is 11.5 Å². The van der Waals surface area contributed by atoms with E-state index in [4.69, 9.17) is 14.5 Å². The number of ether oxygens (including phenoxy) is 2. The second-order valence-corrected chi connectivity index (χ2v) is 6.89. The maximum absolute atomic E-state index is 5.36. The van der Waals surface area contributed by atoms with Gasteiger partial charge in [0.2, 0.25) is 0 Å². The van der Waals surface area contributed by atoms with Crippen LogP contribution in [0.3, 0.4) is 0 Å². The van der Waals surface area contributed by atoms with Crippen LogP contribution in [0.4, 0.5) is 0 Å². The first-order valence-corrected chi connectivity index (χ1v) is 9.15. The predicted octanol–water partition coefficient (Wildman–Crippen LogP) is 4.71. The fraction of sp³-hybridized carbons (Fsp3) is 0.250. The molecule has 0 saturated heterocycles. The largest absolute Gasteiger partial charge is 0.493 e. The van der Waals surface area contributed by atoms with Crippen molar-refractivity contribution in [1.82, 2.24) is 15.3 Å². The third-order valence-electron chi connectivity index (χ3n) is 4.19. The summed E-state index contributed by atoms with van der Waals surface area (Å²) in [6, 6.07) is 14.1. The van der Waals surface area contributed by atoms with Crippen LogP contribution in [0.1, 0.15) is 24.4 Å². The van der Waals surface area contributed by atoms with Gasteiger partial charge in [-0.1, -0.05) is 34.1 Å². The molecule has 136 valence electrons. The van der Waals surface area contributed by atoms with Gasteiger partial charge in [-0.15, -0.1) is 0 Å². The van der Waals surface area contributed by atoms with Crippen molar-refractivity contribution in [3.05, 3.63) is 64.5 Å². The minimum atomic E-state index is 0.0870. The minimum absolute atomic E-state index is 0.0870. The van der Waals surface area contributed by atoms with Crippen LogP contribution in [-0.4, -0.2) is 24.2 Å². The number of halogens is 1. The topological polar surface area (TPSA) is 59.2 Å². The van der Waals surface area contributed by atoms with Gasteiger partial charge in [0.05, 0.1) is 26.0 Å². The molecule has 3 aromatic rings. The van der Waals surface area contributed by atoms with Gasteiger partial charge in [-0.05, 0) is 36.8 Å². The van der Waals surface area contributed by atoms with Crippen molar-refractivity contribution in [2.75, 3.05) is 14.2 Å². The van der Waals surface area contributed by atoms with E-state index in [2.05, 4.69) is 39.2 Å². The summed E-state index contributed by atoms with van der Waals surface area (Å²) in [5.41, 5.74) is 3.13. The number of benzene rings is 2. The average Bonchev–Trinajstić information content (AvgIpc) is 3.16. The molecule has 0 aliphatic heterocycles. The van der Waals surface area contributed by atoms with E-state index in [0.717, 1.165) is 38.6 Å². The Labute approximate surface area is 161 Å². The Morgan fingerprint density at radius 2 is 1.92 bits per heavy atom. The van der Waals surface area contributed by atoms with Gasteiger partial charge in [-0.25, -0.2) is 4.98 Å². The van der Waals surface area contributed by atoms with Gasteiger partial charge in [0.1, 0.15) is 5.82 Å². The van der Waals surface area contributed by atoms with E-state index in [0.29, 0.717) is 6.54 Å². The molecule has 0 bridgehead atoms. The van der Waals surface area contributed by atoms with Crippen molar-refractivity contribution in [3.8, 4) is 22.8 Å². The highest BCUT2D eigenvalue weighted by molar-refractivity contribution is 9.10. The van der Waals surface area contributed by atoms with Gasteiger partial charge < -0.3 is 19.8 Å². The molecule has 1 unspecified atom stereocenters. The molecule has 1 heterocycles. The number of hydrogen-bond donors (Lipinski definition) is 2. The quantitative estimate of drug-likeness (QED) is 0.586. The van der Waals surface area contributed by atoms with Crippen molar-refractivity contribution in [1.29, 1.82) is 0 Å². The van der Waals surface area contributed by atoms with E-state index in [9.17, 15) is 0 Å². The number of H-pyrrole nitrogens is 1. The SMILES string of the molecule is COc1ccc(CNC(C)c2nc(-c3cccc(Br)c3)c[nH]2)cc1OC. The Balaban J connectivity index is 1.66. The lowest BCUT2D eigenvalue weighted by atomic mass is 10.2. The second-order valence-electron chi connectivity index (χ2n) is 5.97. The van der Waals surface area contributed by atoms with Gasteiger partial charge in [-0.3, -0.25) is 0 Å². The summed E-state index contributed by atoms with van der Waals surface area (Å²) >= 11 is 3.50. The zero-order valence-electron chi connectivity index (χ0n) is 15.0. The highest BCUT2D eigenvalue weighted by atomic mass is 79.9. The van der Waals surface area contributed by atoms with Crippen molar-refractivity contribution >= 4 is 15.9 Å².